The quantitative estimate of drug-likeness (QED) is 0.540. The lowest BCUT2D eigenvalue weighted by Crippen LogP contribution is -2.44. The summed E-state index contributed by atoms with van der Waals surface area (Å²) in [6, 6.07) is 6.99. The number of benzene rings is 1. The summed E-state index contributed by atoms with van der Waals surface area (Å²) in [6.45, 7) is 7.69. The van der Waals surface area contributed by atoms with Gasteiger partial charge in [0, 0.05) is 44.8 Å². The Morgan fingerprint density at radius 3 is 2.52 bits per heavy atom. The van der Waals surface area contributed by atoms with Crippen molar-refractivity contribution in [3.63, 3.8) is 0 Å². The summed E-state index contributed by atoms with van der Waals surface area (Å²) >= 11 is 0. The highest BCUT2D eigenvalue weighted by Gasteiger charge is 2.10. The first-order chi connectivity index (χ1) is 12.0. The maximum absolute atomic E-state index is 12.1. The second kappa shape index (κ2) is 9.86. The molecule has 25 heavy (non-hydrogen) atoms. The van der Waals surface area contributed by atoms with Gasteiger partial charge in [0.1, 0.15) is 0 Å². The van der Waals surface area contributed by atoms with E-state index in [1.807, 2.05) is 0 Å². The molecule has 0 unspecified atom stereocenters. The van der Waals surface area contributed by atoms with Gasteiger partial charge in [0.05, 0.1) is 5.75 Å². The van der Waals surface area contributed by atoms with Crippen LogP contribution in [0.25, 0.3) is 0 Å². The number of hydrogen-bond acceptors (Lipinski definition) is 5. The summed E-state index contributed by atoms with van der Waals surface area (Å²) in [5, 5.41) is 6.25. The molecule has 0 bridgehead atoms. The van der Waals surface area contributed by atoms with Crippen molar-refractivity contribution in [2.75, 3.05) is 45.0 Å². The zero-order valence-corrected chi connectivity index (χ0v) is 15.6. The van der Waals surface area contributed by atoms with Gasteiger partial charge in [-0.15, -0.1) is 0 Å². The molecule has 0 atom stereocenters. The van der Waals surface area contributed by atoms with Crippen LogP contribution in [0.4, 0.5) is 0 Å². The highest BCUT2D eigenvalue weighted by Crippen LogP contribution is 2.05. The Morgan fingerprint density at radius 2 is 1.88 bits per heavy atom. The second-order valence-electron chi connectivity index (χ2n) is 6.12. The van der Waals surface area contributed by atoms with Gasteiger partial charge in [-0.1, -0.05) is 12.1 Å². The Kier molecular flexibility index (Phi) is 7.83. The monoisotopic (exact) mass is 368 g/mol. The number of nitrogens with zero attached hydrogens (tertiary/aromatic N) is 1. The number of rotatable bonds is 9. The number of amides is 1. The molecule has 0 saturated carbocycles. The van der Waals surface area contributed by atoms with E-state index >= 15 is 0 Å². The number of piperazine rings is 1. The zero-order chi connectivity index (χ0) is 18.1. The first-order valence-corrected chi connectivity index (χ1v) is 10.4. The van der Waals surface area contributed by atoms with Crippen molar-refractivity contribution in [3.05, 3.63) is 35.4 Å². The number of hydrogen-bond donors (Lipinski definition) is 3. The van der Waals surface area contributed by atoms with Crippen LogP contribution in [0.15, 0.2) is 24.3 Å². The first-order valence-electron chi connectivity index (χ1n) is 8.78. The lowest BCUT2D eigenvalue weighted by atomic mass is 10.1. The minimum Gasteiger partial charge on any atom is -0.352 e. The molecule has 8 heteroatoms. The van der Waals surface area contributed by atoms with Crippen LogP contribution in [-0.4, -0.2) is 64.2 Å². The molecule has 1 fully saturated rings. The van der Waals surface area contributed by atoms with Gasteiger partial charge < -0.3 is 15.5 Å². The second-order valence-corrected chi connectivity index (χ2v) is 8.22. The fourth-order valence-corrected chi connectivity index (χ4v) is 3.20. The Bertz CT molecular complexity index is 640. The minimum absolute atomic E-state index is 0.0570. The SMILES string of the molecule is CCS(=O)(=O)NCc1ccc(C(=O)NCCCN2CCNCC2)cc1. The van der Waals surface area contributed by atoms with Gasteiger partial charge >= 0.3 is 0 Å². The van der Waals surface area contributed by atoms with Crippen LogP contribution in [-0.2, 0) is 16.6 Å². The maximum Gasteiger partial charge on any atom is 0.251 e. The third kappa shape index (κ3) is 7.11. The molecule has 140 valence electrons. The van der Waals surface area contributed by atoms with E-state index in [0.29, 0.717) is 12.1 Å². The molecular formula is C17H28N4O3S. The molecular weight excluding hydrogens is 340 g/mol. The van der Waals surface area contributed by atoms with Crippen LogP contribution in [0.1, 0.15) is 29.3 Å². The summed E-state index contributed by atoms with van der Waals surface area (Å²) in [6.07, 6.45) is 0.933. The molecule has 1 aliphatic rings. The lowest BCUT2D eigenvalue weighted by molar-refractivity contribution is 0.0951. The molecule has 1 heterocycles. The molecule has 1 aliphatic heterocycles. The van der Waals surface area contributed by atoms with Crippen LogP contribution < -0.4 is 15.4 Å². The average molecular weight is 369 g/mol. The standard InChI is InChI=1S/C17H28N4O3S/c1-2-25(23,24)20-14-15-4-6-16(7-5-15)17(22)19-8-3-11-21-12-9-18-10-13-21/h4-7,18,20H,2-3,8-14H2,1H3,(H,19,22). The number of carbonyl (C=O) groups is 1. The third-order valence-corrected chi connectivity index (χ3v) is 5.58. The Labute approximate surface area is 150 Å². The first kappa shape index (κ1) is 19.8. The summed E-state index contributed by atoms with van der Waals surface area (Å²) in [5.41, 5.74) is 1.41. The molecule has 7 nitrogen and oxygen atoms in total. The van der Waals surface area contributed by atoms with E-state index < -0.39 is 10.0 Å². The Hall–Kier alpha value is -1.48. The van der Waals surface area contributed by atoms with Crippen LogP contribution in [0, 0.1) is 0 Å². The van der Waals surface area contributed by atoms with Gasteiger partial charge in [-0.05, 0) is 37.6 Å². The van der Waals surface area contributed by atoms with E-state index in [1.165, 1.54) is 0 Å². The van der Waals surface area contributed by atoms with E-state index in [-0.39, 0.29) is 18.2 Å². The molecule has 0 radical (unpaired) electrons. The smallest absolute Gasteiger partial charge is 0.251 e. The van der Waals surface area contributed by atoms with Gasteiger partial charge in [0.25, 0.3) is 5.91 Å². The molecule has 0 spiro atoms. The van der Waals surface area contributed by atoms with E-state index in [9.17, 15) is 13.2 Å². The van der Waals surface area contributed by atoms with Crippen molar-refractivity contribution in [1.82, 2.24) is 20.3 Å². The van der Waals surface area contributed by atoms with Gasteiger partial charge in [-0.25, -0.2) is 13.1 Å². The van der Waals surface area contributed by atoms with Crippen molar-refractivity contribution in [3.8, 4) is 0 Å². The molecule has 0 aliphatic carbocycles. The van der Waals surface area contributed by atoms with Crippen molar-refractivity contribution < 1.29 is 13.2 Å². The largest absolute Gasteiger partial charge is 0.352 e. The molecule has 0 aromatic heterocycles. The topological polar surface area (TPSA) is 90.5 Å². The van der Waals surface area contributed by atoms with Crippen LogP contribution in [0.5, 0.6) is 0 Å². The van der Waals surface area contributed by atoms with Gasteiger partial charge in [-0.3, -0.25) is 4.79 Å². The fraction of sp³-hybridized carbons (Fsp3) is 0.588. The molecule has 3 N–H and O–H groups in total. The van der Waals surface area contributed by atoms with Crippen molar-refractivity contribution in [2.45, 2.75) is 19.9 Å². The van der Waals surface area contributed by atoms with E-state index in [4.69, 9.17) is 0 Å². The minimum atomic E-state index is -3.21. The summed E-state index contributed by atoms with van der Waals surface area (Å²) in [5.74, 6) is -0.0393. The van der Waals surface area contributed by atoms with E-state index in [0.717, 1.165) is 44.7 Å². The molecule has 1 aromatic carbocycles. The van der Waals surface area contributed by atoms with Crippen molar-refractivity contribution in [1.29, 1.82) is 0 Å². The Morgan fingerprint density at radius 1 is 1.20 bits per heavy atom. The zero-order valence-electron chi connectivity index (χ0n) is 14.8. The highest BCUT2D eigenvalue weighted by molar-refractivity contribution is 7.89. The number of nitrogens with one attached hydrogen (secondary N) is 3. The van der Waals surface area contributed by atoms with Crippen molar-refractivity contribution >= 4 is 15.9 Å². The Balaban J connectivity index is 1.70. The van der Waals surface area contributed by atoms with Crippen LogP contribution in [0.2, 0.25) is 0 Å². The van der Waals surface area contributed by atoms with Gasteiger partial charge in [0.2, 0.25) is 10.0 Å². The number of sulfonamides is 1. The molecule has 1 amide bonds. The lowest BCUT2D eigenvalue weighted by Gasteiger charge is -2.27. The molecule has 1 aromatic rings. The van der Waals surface area contributed by atoms with E-state index in [1.54, 1.807) is 31.2 Å². The molecule has 2 rings (SSSR count). The van der Waals surface area contributed by atoms with Crippen molar-refractivity contribution in [2.24, 2.45) is 0 Å². The third-order valence-electron chi connectivity index (χ3n) is 4.24. The van der Waals surface area contributed by atoms with E-state index in [2.05, 4.69) is 20.3 Å². The van der Waals surface area contributed by atoms with Crippen LogP contribution in [0.3, 0.4) is 0 Å². The number of carbonyl (C=O) groups excluding carboxylic acids is 1. The predicted molar refractivity (Wildman–Crippen MR) is 99.0 cm³/mol. The highest BCUT2D eigenvalue weighted by atomic mass is 32.2. The van der Waals surface area contributed by atoms with Crippen LogP contribution >= 0.6 is 0 Å². The molecule has 1 saturated heterocycles. The summed E-state index contributed by atoms with van der Waals surface area (Å²) < 4.78 is 25.4. The van der Waals surface area contributed by atoms with Gasteiger partial charge in [-0.2, -0.15) is 0 Å². The maximum atomic E-state index is 12.1. The average Bonchev–Trinajstić information content (AvgIpc) is 2.65. The fourth-order valence-electron chi connectivity index (χ4n) is 2.61. The summed E-state index contributed by atoms with van der Waals surface area (Å²) in [7, 11) is -3.21. The summed E-state index contributed by atoms with van der Waals surface area (Å²) in [4.78, 5) is 14.5. The van der Waals surface area contributed by atoms with Gasteiger partial charge in [0.15, 0.2) is 0 Å². The predicted octanol–water partition coefficient (Wildman–Crippen LogP) is 0.151. The normalized spacial score (nSPS) is 15.9.